The molecule has 0 saturated carbocycles. The number of aliphatic hydroxyl groups is 1. The Balaban J connectivity index is 2.22. The highest BCUT2D eigenvalue weighted by Crippen LogP contribution is 2.38. The Labute approximate surface area is 184 Å². The molecule has 1 aliphatic heterocycles. The predicted octanol–water partition coefficient (Wildman–Crippen LogP) is 5.78. The van der Waals surface area contributed by atoms with Crippen molar-refractivity contribution in [2.24, 2.45) is 0 Å². The van der Waals surface area contributed by atoms with Gasteiger partial charge in [0.15, 0.2) is 0 Å². The van der Waals surface area contributed by atoms with Gasteiger partial charge < -0.3 is 9.84 Å². The first-order chi connectivity index (χ1) is 14.7. The molecule has 5 heteroatoms. The van der Waals surface area contributed by atoms with Gasteiger partial charge in [-0.25, -0.2) is 4.39 Å². The second-order valence-electron chi connectivity index (χ2n) is 8.80. The number of carbonyl (C=O) groups excluding carboxylic acids is 1. The van der Waals surface area contributed by atoms with Gasteiger partial charge in [0.05, 0.1) is 18.2 Å². The number of aliphatic hydroxyl groups excluding tert-OH is 1. The van der Waals surface area contributed by atoms with Gasteiger partial charge in [0.25, 0.3) is 0 Å². The molecule has 0 amide bonds. The molecule has 2 heterocycles. The minimum Gasteiger partial charge on any atom is -0.458 e. The highest BCUT2D eigenvalue weighted by molar-refractivity contribution is 5.80. The van der Waals surface area contributed by atoms with E-state index in [-0.39, 0.29) is 24.1 Å². The van der Waals surface area contributed by atoms with Gasteiger partial charge in [-0.1, -0.05) is 52.8 Å². The van der Waals surface area contributed by atoms with Gasteiger partial charge in [0.2, 0.25) is 0 Å². The molecule has 0 aliphatic carbocycles. The van der Waals surface area contributed by atoms with Crippen LogP contribution >= 0.6 is 0 Å². The van der Waals surface area contributed by atoms with Crippen LogP contribution in [-0.2, 0) is 16.0 Å². The van der Waals surface area contributed by atoms with E-state index in [2.05, 4.69) is 34.6 Å². The van der Waals surface area contributed by atoms with E-state index in [1.54, 1.807) is 12.1 Å². The summed E-state index contributed by atoms with van der Waals surface area (Å²) >= 11 is 0. The molecule has 31 heavy (non-hydrogen) atoms. The first-order valence-corrected chi connectivity index (χ1v) is 11.1. The van der Waals surface area contributed by atoms with Crippen molar-refractivity contribution in [1.29, 1.82) is 0 Å². The molecule has 1 aliphatic rings. The third-order valence-electron chi connectivity index (χ3n) is 5.64. The maximum absolute atomic E-state index is 13.7. The maximum Gasteiger partial charge on any atom is 0.309 e. The number of halogens is 1. The summed E-state index contributed by atoms with van der Waals surface area (Å²) in [7, 11) is 0. The van der Waals surface area contributed by atoms with Crippen LogP contribution in [0, 0.1) is 5.82 Å². The molecule has 1 fully saturated rings. The molecule has 0 spiro atoms. The lowest BCUT2D eigenvalue weighted by molar-refractivity contribution is -0.156. The Kier molecular flexibility index (Phi) is 7.26. The second-order valence-corrected chi connectivity index (χ2v) is 8.80. The number of hydrogen-bond acceptors (Lipinski definition) is 4. The van der Waals surface area contributed by atoms with E-state index < -0.39 is 18.2 Å². The highest BCUT2D eigenvalue weighted by Gasteiger charge is 2.26. The van der Waals surface area contributed by atoms with Crippen molar-refractivity contribution in [3.05, 3.63) is 58.7 Å². The van der Waals surface area contributed by atoms with Crippen molar-refractivity contribution in [3.63, 3.8) is 0 Å². The van der Waals surface area contributed by atoms with Crippen LogP contribution in [0.1, 0.15) is 81.8 Å². The molecule has 3 rings (SSSR count). The summed E-state index contributed by atoms with van der Waals surface area (Å²) in [4.78, 5) is 16.8. The number of nitrogens with zero attached hydrogens (tertiary/aromatic N) is 1. The molecule has 4 nitrogen and oxygen atoms in total. The van der Waals surface area contributed by atoms with Gasteiger partial charge in [-0.15, -0.1) is 0 Å². The maximum atomic E-state index is 13.7. The van der Waals surface area contributed by atoms with Gasteiger partial charge in [-0.2, -0.15) is 0 Å². The van der Waals surface area contributed by atoms with Crippen molar-refractivity contribution in [2.45, 2.75) is 77.9 Å². The van der Waals surface area contributed by atoms with E-state index in [4.69, 9.17) is 9.72 Å². The zero-order valence-electron chi connectivity index (χ0n) is 19.0. The molecule has 1 saturated heterocycles. The van der Waals surface area contributed by atoms with Crippen molar-refractivity contribution in [3.8, 4) is 11.1 Å². The highest BCUT2D eigenvalue weighted by atomic mass is 19.1. The molecule has 2 atom stereocenters. The topological polar surface area (TPSA) is 59.4 Å². The average Bonchev–Trinajstić information content (AvgIpc) is 2.70. The summed E-state index contributed by atoms with van der Waals surface area (Å²) in [5.41, 5.74) is 6.10. The molecule has 166 valence electrons. The van der Waals surface area contributed by atoms with Crippen molar-refractivity contribution in [1.82, 2.24) is 4.98 Å². The van der Waals surface area contributed by atoms with E-state index >= 15 is 0 Å². The zero-order chi connectivity index (χ0) is 22.7. The second kappa shape index (κ2) is 9.73. The van der Waals surface area contributed by atoms with Gasteiger partial charge in [0, 0.05) is 17.7 Å². The summed E-state index contributed by atoms with van der Waals surface area (Å²) in [6.07, 6.45) is 3.84. The van der Waals surface area contributed by atoms with E-state index in [1.807, 2.05) is 12.2 Å². The summed E-state index contributed by atoms with van der Waals surface area (Å²) in [6, 6.07) is 6.57. The Bertz CT molecular complexity index is 964. The monoisotopic (exact) mass is 425 g/mol. The van der Waals surface area contributed by atoms with Crippen LogP contribution in [0.25, 0.3) is 17.2 Å². The van der Waals surface area contributed by atoms with Crippen LogP contribution in [0.4, 0.5) is 4.39 Å². The van der Waals surface area contributed by atoms with Crippen molar-refractivity contribution < 1.29 is 19.0 Å². The van der Waals surface area contributed by atoms with Crippen molar-refractivity contribution >= 4 is 12.0 Å². The summed E-state index contributed by atoms with van der Waals surface area (Å²) in [6.45, 7) is 10.6. The molecule has 1 unspecified atom stereocenters. The smallest absolute Gasteiger partial charge is 0.309 e. The number of rotatable bonds is 6. The van der Waals surface area contributed by atoms with Crippen LogP contribution < -0.4 is 0 Å². The number of cyclic esters (lactones) is 1. The fourth-order valence-electron chi connectivity index (χ4n) is 4.20. The molecule has 1 aromatic carbocycles. The molecule has 0 bridgehead atoms. The first kappa shape index (κ1) is 23.1. The van der Waals surface area contributed by atoms with E-state index in [1.165, 1.54) is 12.1 Å². The first-order valence-electron chi connectivity index (χ1n) is 11.1. The van der Waals surface area contributed by atoms with E-state index in [0.717, 1.165) is 40.1 Å². The predicted molar refractivity (Wildman–Crippen MR) is 121 cm³/mol. The lowest BCUT2D eigenvalue weighted by Gasteiger charge is -2.25. The van der Waals surface area contributed by atoms with Crippen molar-refractivity contribution in [2.75, 3.05) is 0 Å². The largest absolute Gasteiger partial charge is 0.458 e. The van der Waals surface area contributed by atoms with Crippen LogP contribution in [0.15, 0.2) is 30.3 Å². The number of hydrogen-bond donors (Lipinski definition) is 1. The van der Waals surface area contributed by atoms with Crippen LogP contribution in [0.3, 0.4) is 0 Å². The Hall–Kier alpha value is -2.53. The number of carbonyl (C=O) groups is 1. The molecule has 1 N–H and O–H groups in total. The SMILES string of the molecule is CCc1c(C(C)C)nc(C(C)C)c(/C=C/C2C[C@@H](O)CC(=O)O2)c1-c1ccc(F)cc1. The van der Waals surface area contributed by atoms with Gasteiger partial charge in [-0.3, -0.25) is 9.78 Å². The number of ether oxygens (including phenoxy) is 1. The number of benzene rings is 1. The Morgan fingerprint density at radius 1 is 1.16 bits per heavy atom. The molecule has 0 radical (unpaired) electrons. The fraction of sp³-hybridized carbons (Fsp3) is 0.462. The molecular weight excluding hydrogens is 393 g/mol. The molecule has 2 aromatic rings. The van der Waals surface area contributed by atoms with E-state index in [9.17, 15) is 14.3 Å². The Morgan fingerprint density at radius 3 is 2.35 bits per heavy atom. The lowest BCUT2D eigenvalue weighted by Crippen LogP contribution is -2.31. The van der Waals surface area contributed by atoms with Gasteiger partial charge in [0.1, 0.15) is 11.9 Å². The minimum absolute atomic E-state index is 0.0348. The summed E-state index contributed by atoms with van der Waals surface area (Å²) < 4.78 is 19.1. The lowest BCUT2D eigenvalue weighted by atomic mass is 9.86. The zero-order valence-corrected chi connectivity index (χ0v) is 19.0. The van der Waals surface area contributed by atoms with Crippen LogP contribution in [-0.4, -0.2) is 28.3 Å². The Morgan fingerprint density at radius 2 is 1.81 bits per heavy atom. The quantitative estimate of drug-likeness (QED) is 0.596. The molecular formula is C26H32FNO3. The summed E-state index contributed by atoms with van der Waals surface area (Å²) in [5, 5.41) is 9.95. The minimum atomic E-state index is -0.690. The third-order valence-corrected chi connectivity index (χ3v) is 5.64. The molecule has 1 aromatic heterocycles. The normalized spacial score (nSPS) is 19.5. The van der Waals surface area contributed by atoms with Crippen LogP contribution in [0.2, 0.25) is 0 Å². The van der Waals surface area contributed by atoms with Crippen LogP contribution in [0.5, 0.6) is 0 Å². The standard InChI is InChI=1S/C26H32FNO3/c1-6-21-24(17-7-9-18(27)10-8-17)22(26(16(4)5)28-25(21)15(2)3)12-11-20-13-19(29)14-23(30)31-20/h7-12,15-16,19-20,29H,6,13-14H2,1-5H3/b12-11+/t19-,20?/m1/s1. The fourth-order valence-corrected chi connectivity index (χ4v) is 4.20. The number of aromatic nitrogens is 1. The van der Waals surface area contributed by atoms with E-state index in [0.29, 0.717) is 6.42 Å². The average molecular weight is 426 g/mol. The summed E-state index contributed by atoms with van der Waals surface area (Å²) in [5.74, 6) is -0.246. The third kappa shape index (κ3) is 5.21. The van der Waals surface area contributed by atoms with Gasteiger partial charge >= 0.3 is 5.97 Å². The van der Waals surface area contributed by atoms with Gasteiger partial charge in [-0.05, 0) is 53.2 Å². The number of pyridine rings is 1. The number of esters is 1.